The molecule has 0 saturated carbocycles. The number of likely N-dealkylation sites (N-methyl/N-ethyl adjacent to an activating group) is 1. The Kier molecular flexibility index (Phi) is 5.98. The van der Waals surface area contributed by atoms with Crippen LogP contribution in [0.25, 0.3) is 0 Å². The molecular weight excluding hydrogens is 270 g/mol. The van der Waals surface area contributed by atoms with Crippen LogP contribution in [0.15, 0.2) is 16.9 Å². The van der Waals surface area contributed by atoms with Gasteiger partial charge in [0, 0.05) is 19.7 Å². The second kappa shape index (κ2) is 7.25. The summed E-state index contributed by atoms with van der Waals surface area (Å²) in [6.45, 7) is 4.65. The molecule has 7 heteroatoms. The molecule has 0 aliphatic carbocycles. The smallest absolute Gasteiger partial charge is 0.267 e. The Hall–Kier alpha value is -1.40. The molecule has 19 heavy (non-hydrogen) atoms. The zero-order valence-electron chi connectivity index (χ0n) is 11.3. The maximum atomic E-state index is 11.9. The van der Waals surface area contributed by atoms with E-state index < -0.39 is 0 Å². The van der Waals surface area contributed by atoms with Gasteiger partial charge in [-0.15, -0.1) is 0 Å². The van der Waals surface area contributed by atoms with E-state index in [0.717, 1.165) is 4.68 Å². The van der Waals surface area contributed by atoms with Crippen LogP contribution in [-0.4, -0.2) is 46.9 Å². The zero-order valence-corrected chi connectivity index (χ0v) is 12.1. The Balaban J connectivity index is 2.54. The number of carbonyl (C=O) groups excluding carboxylic acids is 1. The second-order valence-corrected chi connectivity index (χ2v) is 4.77. The lowest BCUT2D eigenvalue weighted by Crippen LogP contribution is -2.36. The Bertz CT molecular complexity index is 487. The van der Waals surface area contributed by atoms with Gasteiger partial charge in [0.1, 0.15) is 11.7 Å². The van der Waals surface area contributed by atoms with Crippen LogP contribution in [0.3, 0.4) is 0 Å². The fraction of sp³-hybridized carbons (Fsp3) is 0.583. The van der Waals surface area contributed by atoms with E-state index in [9.17, 15) is 9.59 Å². The molecule has 0 N–H and O–H groups in total. The standard InChI is InChI=1S/C12H18ClN3O3/c1-9(2)19-7-6-15(3)12(18)8-16-11(17)5-4-10(13)14-16/h4-5,9H,6-8H2,1-3H3. The predicted molar refractivity (Wildman–Crippen MR) is 72.2 cm³/mol. The minimum absolute atomic E-state index is 0.126. The van der Waals surface area contributed by atoms with E-state index >= 15 is 0 Å². The fourth-order valence-corrected chi connectivity index (χ4v) is 1.49. The average Bonchev–Trinajstić information content (AvgIpc) is 2.33. The summed E-state index contributed by atoms with van der Waals surface area (Å²) in [5, 5.41) is 3.97. The van der Waals surface area contributed by atoms with Gasteiger partial charge < -0.3 is 9.64 Å². The molecule has 1 aromatic rings. The number of ether oxygens (including phenoxy) is 1. The highest BCUT2D eigenvalue weighted by molar-refractivity contribution is 6.29. The Morgan fingerprint density at radius 1 is 1.53 bits per heavy atom. The van der Waals surface area contributed by atoms with Crippen molar-refractivity contribution < 1.29 is 9.53 Å². The third kappa shape index (κ3) is 5.40. The molecule has 0 spiro atoms. The molecule has 0 atom stereocenters. The van der Waals surface area contributed by atoms with E-state index in [1.807, 2.05) is 13.8 Å². The molecule has 6 nitrogen and oxygen atoms in total. The highest BCUT2D eigenvalue weighted by atomic mass is 35.5. The molecule has 0 saturated heterocycles. The summed E-state index contributed by atoms with van der Waals surface area (Å²) in [5.74, 6) is -0.218. The fourth-order valence-electron chi connectivity index (χ4n) is 1.34. The van der Waals surface area contributed by atoms with Crippen LogP contribution in [-0.2, 0) is 16.1 Å². The largest absolute Gasteiger partial charge is 0.377 e. The van der Waals surface area contributed by atoms with Crippen molar-refractivity contribution in [3.63, 3.8) is 0 Å². The van der Waals surface area contributed by atoms with Gasteiger partial charge in [0.2, 0.25) is 5.91 Å². The van der Waals surface area contributed by atoms with Gasteiger partial charge in [-0.05, 0) is 19.9 Å². The molecule has 1 rings (SSSR count). The van der Waals surface area contributed by atoms with Gasteiger partial charge in [-0.3, -0.25) is 9.59 Å². The maximum Gasteiger partial charge on any atom is 0.267 e. The number of hydrogen-bond donors (Lipinski definition) is 0. The van der Waals surface area contributed by atoms with Crippen LogP contribution in [0.5, 0.6) is 0 Å². The number of carbonyl (C=O) groups is 1. The second-order valence-electron chi connectivity index (χ2n) is 4.39. The molecule has 106 valence electrons. The van der Waals surface area contributed by atoms with Gasteiger partial charge in [0.05, 0.1) is 12.7 Å². The third-order valence-corrected chi connectivity index (χ3v) is 2.62. The number of aromatic nitrogens is 2. The van der Waals surface area contributed by atoms with E-state index in [2.05, 4.69) is 5.10 Å². The molecule has 1 heterocycles. The van der Waals surface area contributed by atoms with Gasteiger partial charge in [-0.25, -0.2) is 4.68 Å². The number of nitrogens with zero attached hydrogens (tertiary/aromatic N) is 3. The summed E-state index contributed by atoms with van der Waals surface area (Å²) in [7, 11) is 1.65. The zero-order chi connectivity index (χ0) is 14.4. The van der Waals surface area contributed by atoms with Crippen molar-refractivity contribution in [1.82, 2.24) is 14.7 Å². The van der Waals surface area contributed by atoms with Gasteiger partial charge in [0.25, 0.3) is 5.56 Å². The van der Waals surface area contributed by atoms with Crippen molar-refractivity contribution >= 4 is 17.5 Å². The summed E-state index contributed by atoms with van der Waals surface area (Å²) in [4.78, 5) is 24.9. The predicted octanol–water partition coefficient (Wildman–Crippen LogP) is 0.780. The third-order valence-electron chi connectivity index (χ3n) is 2.42. The summed E-state index contributed by atoms with van der Waals surface area (Å²) < 4.78 is 6.40. The summed E-state index contributed by atoms with van der Waals surface area (Å²) in [6.07, 6.45) is 0.126. The van der Waals surface area contributed by atoms with Crippen LogP contribution >= 0.6 is 11.6 Å². The summed E-state index contributed by atoms with van der Waals surface area (Å²) in [5.41, 5.74) is -0.357. The monoisotopic (exact) mass is 287 g/mol. The molecule has 1 aromatic heterocycles. The van der Waals surface area contributed by atoms with Gasteiger partial charge in [0.15, 0.2) is 0 Å². The molecule has 1 amide bonds. The lowest BCUT2D eigenvalue weighted by molar-refractivity contribution is -0.131. The van der Waals surface area contributed by atoms with E-state index in [1.54, 1.807) is 7.05 Å². The highest BCUT2D eigenvalue weighted by Gasteiger charge is 2.11. The number of hydrogen-bond acceptors (Lipinski definition) is 4. The number of halogens is 1. The molecule has 0 aliphatic rings. The Morgan fingerprint density at radius 2 is 2.21 bits per heavy atom. The van der Waals surface area contributed by atoms with Crippen molar-refractivity contribution in [3.05, 3.63) is 27.6 Å². The first-order valence-corrected chi connectivity index (χ1v) is 6.37. The maximum absolute atomic E-state index is 11.9. The molecule has 0 aliphatic heterocycles. The van der Waals surface area contributed by atoms with Gasteiger partial charge in [-0.1, -0.05) is 11.6 Å². The lowest BCUT2D eigenvalue weighted by atomic mass is 10.4. The quantitative estimate of drug-likeness (QED) is 0.776. The van der Waals surface area contributed by atoms with E-state index in [1.165, 1.54) is 17.0 Å². The van der Waals surface area contributed by atoms with E-state index in [0.29, 0.717) is 13.2 Å². The van der Waals surface area contributed by atoms with Crippen molar-refractivity contribution in [1.29, 1.82) is 0 Å². The van der Waals surface area contributed by atoms with Crippen molar-refractivity contribution in [2.24, 2.45) is 0 Å². The Morgan fingerprint density at radius 3 is 2.84 bits per heavy atom. The van der Waals surface area contributed by atoms with Gasteiger partial charge in [-0.2, -0.15) is 5.10 Å². The molecule has 0 bridgehead atoms. The Labute approximate surface area is 116 Å². The van der Waals surface area contributed by atoms with Gasteiger partial charge >= 0.3 is 0 Å². The van der Waals surface area contributed by atoms with Crippen LogP contribution in [0.2, 0.25) is 5.15 Å². The van der Waals surface area contributed by atoms with E-state index in [-0.39, 0.29) is 29.3 Å². The van der Waals surface area contributed by atoms with Crippen molar-refractivity contribution in [3.8, 4) is 0 Å². The molecule has 0 aromatic carbocycles. The van der Waals surface area contributed by atoms with Crippen molar-refractivity contribution in [2.45, 2.75) is 26.5 Å². The summed E-state index contributed by atoms with van der Waals surface area (Å²) in [6, 6.07) is 2.68. The van der Waals surface area contributed by atoms with Crippen LogP contribution < -0.4 is 5.56 Å². The first-order valence-electron chi connectivity index (χ1n) is 5.99. The minimum Gasteiger partial charge on any atom is -0.377 e. The molecule has 0 fully saturated rings. The minimum atomic E-state index is -0.357. The highest BCUT2D eigenvalue weighted by Crippen LogP contribution is 1.98. The average molecular weight is 288 g/mol. The summed E-state index contributed by atoms with van der Waals surface area (Å²) >= 11 is 5.68. The normalized spacial score (nSPS) is 10.8. The number of rotatable bonds is 6. The SMILES string of the molecule is CC(C)OCCN(C)C(=O)Cn1nc(Cl)ccc1=O. The topological polar surface area (TPSA) is 64.4 Å². The lowest BCUT2D eigenvalue weighted by Gasteiger charge is -2.18. The molecule has 0 unspecified atom stereocenters. The van der Waals surface area contributed by atoms with Crippen molar-refractivity contribution in [2.75, 3.05) is 20.2 Å². The molecule has 0 radical (unpaired) electrons. The van der Waals surface area contributed by atoms with Crippen LogP contribution in [0.1, 0.15) is 13.8 Å². The first kappa shape index (κ1) is 15.7. The van der Waals surface area contributed by atoms with Crippen LogP contribution in [0.4, 0.5) is 0 Å². The first-order chi connectivity index (χ1) is 8.90. The molecular formula is C12H18ClN3O3. The number of amides is 1. The van der Waals surface area contributed by atoms with Crippen LogP contribution in [0, 0.1) is 0 Å². The van der Waals surface area contributed by atoms with E-state index in [4.69, 9.17) is 16.3 Å².